The number of alkyl halides is 3. The van der Waals surface area contributed by atoms with Crippen LogP contribution >= 0.6 is 0 Å². The van der Waals surface area contributed by atoms with Crippen molar-refractivity contribution in [3.63, 3.8) is 0 Å². The second-order valence-corrected chi connectivity index (χ2v) is 9.35. The third-order valence-electron chi connectivity index (χ3n) is 7.22. The summed E-state index contributed by atoms with van der Waals surface area (Å²) in [5, 5.41) is 12.7. The number of nitrogens with zero attached hydrogens (tertiary/aromatic N) is 3. The summed E-state index contributed by atoms with van der Waals surface area (Å²) in [6.45, 7) is 2.50. The van der Waals surface area contributed by atoms with E-state index in [1.165, 1.54) is 12.1 Å². The van der Waals surface area contributed by atoms with Crippen molar-refractivity contribution >= 4 is 11.8 Å². The quantitative estimate of drug-likeness (QED) is 0.684. The Morgan fingerprint density at radius 3 is 2.55 bits per heavy atom. The van der Waals surface area contributed by atoms with Crippen molar-refractivity contribution in [1.82, 2.24) is 20.0 Å². The highest BCUT2D eigenvalue weighted by atomic mass is 19.4. The van der Waals surface area contributed by atoms with Crippen LogP contribution in [0.3, 0.4) is 0 Å². The van der Waals surface area contributed by atoms with E-state index >= 15 is 0 Å². The predicted molar refractivity (Wildman–Crippen MR) is 115 cm³/mol. The van der Waals surface area contributed by atoms with Gasteiger partial charge in [-0.05, 0) is 44.0 Å². The summed E-state index contributed by atoms with van der Waals surface area (Å²) in [7, 11) is 1.98. The van der Waals surface area contributed by atoms with E-state index < -0.39 is 17.8 Å². The van der Waals surface area contributed by atoms with Gasteiger partial charge in [-0.2, -0.15) is 13.2 Å². The first kappa shape index (κ1) is 24.0. The number of carbonyl (C=O) groups excluding carboxylic acids is 2. The highest BCUT2D eigenvalue weighted by Gasteiger charge is 2.45. The Labute approximate surface area is 191 Å². The molecule has 1 aromatic rings. The fourth-order valence-electron chi connectivity index (χ4n) is 5.28. The Hall–Kier alpha value is -2.17. The minimum absolute atomic E-state index is 0.0179. The van der Waals surface area contributed by atoms with Crippen molar-refractivity contribution in [2.75, 3.05) is 33.2 Å². The number of benzene rings is 1. The summed E-state index contributed by atoms with van der Waals surface area (Å²) < 4.78 is 38.5. The SMILES string of the molecule is CN1C(CCC(=O)N2CCC(O)C2)CNC(=O)C2C1CCN2Cc1ccc(C(F)(F)F)cc1. The van der Waals surface area contributed by atoms with Crippen LogP contribution in [-0.4, -0.2) is 89.1 Å². The third kappa shape index (κ3) is 5.33. The van der Waals surface area contributed by atoms with Gasteiger partial charge in [0, 0.05) is 51.2 Å². The zero-order valence-corrected chi connectivity index (χ0v) is 18.7. The number of aliphatic hydroxyl groups is 1. The van der Waals surface area contributed by atoms with E-state index in [9.17, 15) is 27.9 Å². The van der Waals surface area contributed by atoms with Gasteiger partial charge in [-0.3, -0.25) is 19.4 Å². The number of aliphatic hydroxyl groups excluding tert-OH is 1. The van der Waals surface area contributed by atoms with Gasteiger partial charge in [0.05, 0.1) is 11.7 Å². The van der Waals surface area contributed by atoms with Crippen molar-refractivity contribution in [1.29, 1.82) is 0 Å². The third-order valence-corrected chi connectivity index (χ3v) is 7.22. The minimum atomic E-state index is -4.37. The lowest BCUT2D eigenvalue weighted by atomic mass is 10.0. The van der Waals surface area contributed by atoms with Gasteiger partial charge in [0.25, 0.3) is 0 Å². The number of carbonyl (C=O) groups is 2. The molecule has 182 valence electrons. The second-order valence-electron chi connectivity index (χ2n) is 9.35. The number of fused-ring (bicyclic) bond motifs is 1. The van der Waals surface area contributed by atoms with Gasteiger partial charge in [-0.1, -0.05) is 12.1 Å². The van der Waals surface area contributed by atoms with Crippen LogP contribution in [0.1, 0.15) is 36.8 Å². The topological polar surface area (TPSA) is 76.1 Å². The number of likely N-dealkylation sites (tertiary alicyclic amines) is 2. The largest absolute Gasteiger partial charge is 0.416 e. The van der Waals surface area contributed by atoms with Crippen LogP contribution in [-0.2, 0) is 22.3 Å². The molecule has 3 fully saturated rings. The van der Waals surface area contributed by atoms with Crippen molar-refractivity contribution in [2.45, 2.75) is 62.6 Å². The summed E-state index contributed by atoms with van der Waals surface area (Å²) in [5.74, 6) is -0.0461. The molecule has 3 aliphatic rings. The Balaban J connectivity index is 1.37. The molecular formula is C23H31F3N4O3. The van der Waals surface area contributed by atoms with E-state index in [0.717, 1.165) is 24.1 Å². The van der Waals surface area contributed by atoms with Crippen LogP contribution in [0, 0.1) is 0 Å². The van der Waals surface area contributed by atoms with Gasteiger partial charge in [-0.15, -0.1) is 0 Å². The van der Waals surface area contributed by atoms with E-state index in [2.05, 4.69) is 10.2 Å². The van der Waals surface area contributed by atoms with Gasteiger partial charge in [0.1, 0.15) is 6.04 Å². The molecule has 4 atom stereocenters. The van der Waals surface area contributed by atoms with Crippen LogP contribution in [0.25, 0.3) is 0 Å². The monoisotopic (exact) mass is 468 g/mol. The summed E-state index contributed by atoms with van der Waals surface area (Å²) in [5.41, 5.74) is 0.0524. The zero-order chi connectivity index (χ0) is 23.8. The molecule has 4 rings (SSSR count). The standard InChI is InChI=1S/C23H31F3N4O3/c1-28-17(6-7-20(32)29-10-8-18(31)14-29)12-27-22(33)21-19(28)9-11-30(21)13-15-2-4-16(5-3-15)23(24,25)26/h2-5,17-19,21,31H,6-14H2,1H3,(H,27,33). The van der Waals surface area contributed by atoms with Crippen molar-refractivity contribution in [2.24, 2.45) is 0 Å². The number of amides is 2. The van der Waals surface area contributed by atoms with Crippen molar-refractivity contribution < 1.29 is 27.9 Å². The molecule has 0 radical (unpaired) electrons. The zero-order valence-electron chi connectivity index (χ0n) is 18.7. The molecule has 3 saturated heterocycles. The molecule has 33 heavy (non-hydrogen) atoms. The van der Waals surface area contributed by atoms with Gasteiger partial charge in [0.2, 0.25) is 11.8 Å². The summed E-state index contributed by atoms with van der Waals surface area (Å²) >= 11 is 0. The lowest BCUT2D eigenvalue weighted by Gasteiger charge is -2.33. The average Bonchev–Trinajstić information content (AvgIpc) is 3.36. The molecular weight excluding hydrogens is 437 g/mol. The fourth-order valence-corrected chi connectivity index (χ4v) is 5.28. The lowest BCUT2D eigenvalue weighted by molar-refractivity contribution is -0.137. The molecule has 0 bridgehead atoms. The molecule has 0 aliphatic carbocycles. The number of β-amino-alcohol motifs (C(OH)–C–C–N with tert-alkyl or cyclic N) is 1. The smallest absolute Gasteiger partial charge is 0.391 e. The molecule has 2 N–H and O–H groups in total. The summed E-state index contributed by atoms with van der Waals surface area (Å²) in [6, 6.07) is 4.72. The maximum absolute atomic E-state index is 12.9. The molecule has 1 aromatic carbocycles. The maximum Gasteiger partial charge on any atom is 0.416 e. The van der Waals surface area contributed by atoms with Crippen molar-refractivity contribution in [3.05, 3.63) is 35.4 Å². The van der Waals surface area contributed by atoms with Crippen LogP contribution in [0.15, 0.2) is 24.3 Å². The van der Waals surface area contributed by atoms with E-state index in [-0.39, 0.29) is 29.9 Å². The number of hydrogen-bond donors (Lipinski definition) is 2. The molecule has 2 amide bonds. The Morgan fingerprint density at radius 1 is 1.18 bits per heavy atom. The molecule has 0 aromatic heterocycles. The van der Waals surface area contributed by atoms with Crippen LogP contribution in [0.5, 0.6) is 0 Å². The van der Waals surface area contributed by atoms with Crippen LogP contribution < -0.4 is 5.32 Å². The molecule has 4 unspecified atom stereocenters. The second kappa shape index (κ2) is 9.60. The lowest BCUT2D eigenvalue weighted by Crippen LogP contribution is -2.49. The maximum atomic E-state index is 12.9. The summed E-state index contributed by atoms with van der Waals surface area (Å²) in [6.07, 6.45) is -2.44. The van der Waals surface area contributed by atoms with E-state index in [4.69, 9.17) is 0 Å². The molecule has 10 heteroatoms. The number of rotatable bonds is 5. The average molecular weight is 469 g/mol. The number of likely N-dealkylation sites (N-methyl/N-ethyl adjacent to an activating group) is 1. The van der Waals surface area contributed by atoms with Gasteiger partial charge in [0.15, 0.2) is 0 Å². The molecule has 7 nitrogen and oxygen atoms in total. The highest BCUT2D eigenvalue weighted by Crippen LogP contribution is 2.31. The molecule has 3 heterocycles. The Bertz CT molecular complexity index is 864. The van der Waals surface area contributed by atoms with E-state index in [0.29, 0.717) is 52.0 Å². The molecule has 0 saturated carbocycles. The molecule has 3 aliphatic heterocycles. The van der Waals surface area contributed by atoms with Gasteiger partial charge < -0.3 is 15.3 Å². The first-order valence-electron chi connectivity index (χ1n) is 11.5. The fraction of sp³-hybridized carbons (Fsp3) is 0.652. The van der Waals surface area contributed by atoms with Gasteiger partial charge >= 0.3 is 6.18 Å². The van der Waals surface area contributed by atoms with E-state index in [1.807, 2.05) is 11.9 Å². The molecule has 0 spiro atoms. The van der Waals surface area contributed by atoms with Crippen molar-refractivity contribution in [3.8, 4) is 0 Å². The number of nitrogens with one attached hydrogen (secondary N) is 1. The minimum Gasteiger partial charge on any atom is -0.391 e. The first-order valence-corrected chi connectivity index (χ1v) is 11.5. The normalized spacial score (nSPS) is 29.1. The Kier molecular flexibility index (Phi) is 6.97. The van der Waals surface area contributed by atoms with Gasteiger partial charge in [-0.25, -0.2) is 0 Å². The van der Waals surface area contributed by atoms with E-state index in [1.54, 1.807) is 4.90 Å². The summed E-state index contributed by atoms with van der Waals surface area (Å²) in [4.78, 5) is 31.3. The Morgan fingerprint density at radius 2 is 1.91 bits per heavy atom. The van der Waals surface area contributed by atoms with Crippen LogP contribution in [0.4, 0.5) is 13.2 Å². The van der Waals surface area contributed by atoms with Crippen LogP contribution in [0.2, 0.25) is 0 Å². The predicted octanol–water partition coefficient (Wildman–Crippen LogP) is 1.45. The highest BCUT2D eigenvalue weighted by molar-refractivity contribution is 5.83. The number of hydrogen-bond acceptors (Lipinski definition) is 5. The number of halogens is 3. The first-order chi connectivity index (χ1) is 15.6.